The minimum absolute atomic E-state index is 0.262. The van der Waals surface area contributed by atoms with Crippen LogP contribution in [-0.2, 0) is 0 Å². The average molecular weight is 326 g/mol. The minimum atomic E-state index is -1.45. The number of hydrogen-bond acceptors (Lipinski definition) is 5. The Morgan fingerprint density at radius 2 is 2.33 bits per heavy atom. The second-order valence-electron chi connectivity index (χ2n) is 5.37. The zero-order valence-electron chi connectivity index (χ0n) is 11.4. The standard InChI is InChI=1S/C14H16ClN3O2S/c15-10-6-11(21-7-10)13(19)14(20)5-3-1-2-4-12(14)18-9-16-8-17-18/h6-9,12,20H,1-5H2. The summed E-state index contributed by atoms with van der Waals surface area (Å²) in [4.78, 5) is 17.3. The number of thiophene rings is 1. The first kappa shape index (κ1) is 14.7. The Morgan fingerprint density at radius 3 is 3.00 bits per heavy atom. The molecule has 0 spiro atoms. The molecule has 7 heteroatoms. The van der Waals surface area contributed by atoms with Crippen LogP contribution in [0.1, 0.15) is 47.8 Å². The molecule has 0 amide bonds. The highest BCUT2D eigenvalue weighted by Crippen LogP contribution is 2.39. The number of nitrogens with zero attached hydrogens (tertiary/aromatic N) is 3. The van der Waals surface area contributed by atoms with E-state index in [2.05, 4.69) is 10.1 Å². The monoisotopic (exact) mass is 325 g/mol. The molecule has 5 nitrogen and oxygen atoms in total. The quantitative estimate of drug-likeness (QED) is 0.695. The van der Waals surface area contributed by atoms with Gasteiger partial charge in [0.15, 0.2) is 5.60 Å². The lowest BCUT2D eigenvalue weighted by molar-refractivity contribution is -0.00624. The van der Waals surface area contributed by atoms with Gasteiger partial charge in [0.2, 0.25) is 5.78 Å². The Kier molecular flexibility index (Phi) is 4.10. The SMILES string of the molecule is O=C(c1cc(Cl)cs1)C1(O)CCCCCC1n1cncn1. The summed E-state index contributed by atoms with van der Waals surface area (Å²) in [7, 11) is 0. The van der Waals surface area contributed by atoms with E-state index < -0.39 is 5.60 Å². The van der Waals surface area contributed by atoms with Crippen molar-refractivity contribution in [2.24, 2.45) is 0 Å². The van der Waals surface area contributed by atoms with Crippen molar-refractivity contribution in [3.63, 3.8) is 0 Å². The van der Waals surface area contributed by atoms with E-state index in [-0.39, 0.29) is 11.8 Å². The van der Waals surface area contributed by atoms with Gasteiger partial charge in [-0.15, -0.1) is 11.3 Å². The Balaban J connectivity index is 1.99. The minimum Gasteiger partial charge on any atom is -0.379 e. The highest BCUT2D eigenvalue weighted by Gasteiger charge is 2.46. The summed E-state index contributed by atoms with van der Waals surface area (Å²) >= 11 is 7.18. The molecular weight excluding hydrogens is 310 g/mol. The second-order valence-corrected chi connectivity index (χ2v) is 6.72. The molecule has 0 aromatic carbocycles. The number of Topliss-reactive ketones (excluding diaryl/α,β-unsaturated/α-hetero) is 1. The first-order valence-electron chi connectivity index (χ1n) is 6.96. The van der Waals surface area contributed by atoms with E-state index in [0.717, 1.165) is 19.3 Å². The third-order valence-corrected chi connectivity index (χ3v) is 5.30. The van der Waals surface area contributed by atoms with Crippen LogP contribution >= 0.6 is 22.9 Å². The van der Waals surface area contributed by atoms with Gasteiger partial charge >= 0.3 is 0 Å². The van der Waals surface area contributed by atoms with E-state index in [9.17, 15) is 9.90 Å². The first-order chi connectivity index (χ1) is 10.1. The van der Waals surface area contributed by atoms with Crippen molar-refractivity contribution in [1.29, 1.82) is 0 Å². The zero-order valence-corrected chi connectivity index (χ0v) is 13.0. The number of ketones is 1. The summed E-state index contributed by atoms with van der Waals surface area (Å²) < 4.78 is 1.61. The molecule has 0 radical (unpaired) electrons. The van der Waals surface area contributed by atoms with Crippen LogP contribution < -0.4 is 0 Å². The van der Waals surface area contributed by atoms with Crippen LogP contribution in [0.4, 0.5) is 0 Å². The Bertz CT molecular complexity index is 628. The maximum atomic E-state index is 12.8. The molecule has 1 N–H and O–H groups in total. The molecule has 1 fully saturated rings. The molecule has 2 aromatic rings. The number of hydrogen-bond donors (Lipinski definition) is 1. The topological polar surface area (TPSA) is 68.0 Å². The summed E-state index contributed by atoms with van der Waals surface area (Å²) in [5.74, 6) is -0.262. The third kappa shape index (κ3) is 2.75. The predicted octanol–water partition coefficient (Wildman–Crippen LogP) is 3.11. The molecule has 0 aliphatic heterocycles. The molecule has 0 bridgehead atoms. The molecule has 21 heavy (non-hydrogen) atoms. The summed E-state index contributed by atoms with van der Waals surface area (Å²) in [5, 5.41) is 17.5. The zero-order chi connectivity index (χ0) is 14.9. The van der Waals surface area contributed by atoms with Gasteiger partial charge in [0, 0.05) is 5.38 Å². The second kappa shape index (κ2) is 5.87. The van der Waals surface area contributed by atoms with Crippen molar-refractivity contribution < 1.29 is 9.90 Å². The molecule has 2 aromatic heterocycles. The molecule has 3 rings (SSSR count). The highest BCUT2D eigenvalue weighted by atomic mass is 35.5. The summed E-state index contributed by atoms with van der Waals surface area (Å²) in [6, 6.07) is 1.24. The average Bonchev–Trinajstić information content (AvgIpc) is 3.09. The van der Waals surface area contributed by atoms with Crippen molar-refractivity contribution in [1.82, 2.24) is 14.8 Å². The van der Waals surface area contributed by atoms with Crippen molar-refractivity contribution in [3.8, 4) is 0 Å². The van der Waals surface area contributed by atoms with Gasteiger partial charge in [0.25, 0.3) is 0 Å². The summed E-state index contributed by atoms with van der Waals surface area (Å²) in [5.41, 5.74) is -1.45. The number of aromatic nitrogens is 3. The number of carbonyl (C=O) groups excluding carboxylic acids is 1. The number of carbonyl (C=O) groups is 1. The third-order valence-electron chi connectivity index (χ3n) is 4.03. The Labute approximate surface area is 131 Å². The van der Waals surface area contributed by atoms with Crippen LogP contribution in [0.25, 0.3) is 0 Å². The lowest BCUT2D eigenvalue weighted by atomic mass is 9.84. The predicted molar refractivity (Wildman–Crippen MR) is 80.8 cm³/mol. The van der Waals surface area contributed by atoms with E-state index >= 15 is 0 Å². The molecule has 0 saturated heterocycles. The smallest absolute Gasteiger partial charge is 0.206 e. The first-order valence-corrected chi connectivity index (χ1v) is 8.22. The maximum Gasteiger partial charge on any atom is 0.206 e. The van der Waals surface area contributed by atoms with Crippen LogP contribution in [0.2, 0.25) is 5.02 Å². The Morgan fingerprint density at radius 1 is 1.48 bits per heavy atom. The van der Waals surface area contributed by atoms with Crippen molar-refractivity contribution in [3.05, 3.63) is 34.0 Å². The van der Waals surface area contributed by atoms with Crippen molar-refractivity contribution >= 4 is 28.7 Å². The van der Waals surface area contributed by atoms with Crippen LogP contribution in [0.5, 0.6) is 0 Å². The normalized spacial score (nSPS) is 26.5. The van der Waals surface area contributed by atoms with E-state index in [1.165, 1.54) is 17.7 Å². The number of rotatable bonds is 3. The fourth-order valence-electron chi connectivity index (χ4n) is 2.95. The molecule has 1 saturated carbocycles. The molecule has 2 heterocycles. The fraction of sp³-hybridized carbons (Fsp3) is 0.500. The lowest BCUT2D eigenvalue weighted by Crippen LogP contribution is -2.46. The van der Waals surface area contributed by atoms with Crippen LogP contribution in [-0.4, -0.2) is 31.3 Å². The van der Waals surface area contributed by atoms with Gasteiger partial charge < -0.3 is 5.11 Å². The molecule has 1 aliphatic rings. The van der Waals surface area contributed by atoms with E-state index in [1.807, 2.05) is 0 Å². The highest BCUT2D eigenvalue weighted by molar-refractivity contribution is 7.12. The van der Waals surface area contributed by atoms with Crippen molar-refractivity contribution in [2.75, 3.05) is 0 Å². The van der Waals surface area contributed by atoms with Crippen LogP contribution in [0, 0.1) is 0 Å². The van der Waals surface area contributed by atoms with E-state index in [4.69, 9.17) is 11.6 Å². The Hall–Kier alpha value is -1.24. The van der Waals surface area contributed by atoms with Gasteiger partial charge in [-0.05, 0) is 18.9 Å². The number of halogens is 1. The number of aliphatic hydroxyl groups is 1. The van der Waals surface area contributed by atoms with Gasteiger partial charge in [0.1, 0.15) is 12.7 Å². The molecule has 2 unspecified atom stereocenters. The van der Waals surface area contributed by atoms with Crippen LogP contribution in [0.15, 0.2) is 24.1 Å². The van der Waals surface area contributed by atoms with Gasteiger partial charge in [-0.3, -0.25) is 4.79 Å². The van der Waals surface area contributed by atoms with Gasteiger partial charge in [-0.25, -0.2) is 9.67 Å². The van der Waals surface area contributed by atoms with Crippen molar-refractivity contribution in [2.45, 2.75) is 43.7 Å². The maximum absolute atomic E-state index is 12.8. The van der Waals surface area contributed by atoms with Crippen LogP contribution in [0.3, 0.4) is 0 Å². The van der Waals surface area contributed by atoms with Gasteiger partial charge in [0.05, 0.1) is 15.9 Å². The summed E-state index contributed by atoms with van der Waals surface area (Å²) in [6.07, 6.45) is 6.94. The van der Waals surface area contributed by atoms with E-state index in [1.54, 1.807) is 22.5 Å². The van der Waals surface area contributed by atoms with E-state index in [0.29, 0.717) is 22.7 Å². The molecular formula is C14H16ClN3O2S. The molecule has 2 atom stereocenters. The summed E-state index contributed by atoms with van der Waals surface area (Å²) in [6.45, 7) is 0. The molecule has 112 valence electrons. The molecule has 1 aliphatic carbocycles. The fourth-order valence-corrected chi connectivity index (χ4v) is 4.05. The lowest BCUT2D eigenvalue weighted by Gasteiger charge is -2.33. The largest absolute Gasteiger partial charge is 0.379 e. The van der Waals surface area contributed by atoms with Gasteiger partial charge in [-0.1, -0.05) is 30.9 Å². The van der Waals surface area contributed by atoms with Gasteiger partial charge in [-0.2, -0.15) is 5.10 Å².